The molecule has 0 aliphatic rings. The minimum absolute atomic E-state index is 1.26. The van der Waals surface area contributed by atoms with Gasteiger partial charge in [-0.05, 0) is 53.3 Å². The van der Waals surface area contributed by atoms with Gasteiger partial charge >= 0.3 is 0 Å². The Balaban J connectivity index is 2.20. The van der Waals surface area contributed by atoms with Gasteiger partial charge in [0.2, 0.25) is 0 Å². The Kier molecular flexibility index (Phi) is 4.20. The molecule has 0 spiro atoms. The molecule has 0 aliphatic carbocycles. The monoisotopic (exact) mass is 284 g/mol. The van der Waals surface area contributed by atoms with Crippen LogP contribution in [0.15, 0.2) is 78.9 Å². The molecule has 0 radical (unpaired) electrons. The first-order valence-electron chi connectivity index (χ1n) is 7.68. The normalized spacial score (nSPS) is 11.0. The van der Waals surface area contributed by atoms with Crippen molar-refractivity contribution < 1.29 is 0 Å². The molecule has 3 aromatic rings. The van der Waals surface area contributed by atoms with Crippen LogP contribution in [0.2, 0.25) is 0 Å². The third-order valence-corrected chi connectivity index (χ3v) is 3.91. The number of rotatable bonds is 3. The smallest absolute Gasteiger partial charge is 0.0108 e. The largest absolute Gasteiger partial charge is 0.0870 e. The van der Waals surface area contributed by atoms with E-state index >= 15 is 0 Å². The van der Waals surface area contributed by atoms with Gasteiger partial charge in [-0.1, -0.05) is 78.9 Å². The minimum Gasteiger partial charge on any atom is -0.0870 e. The van der Waals surface area contributed by atoms with Gasteiger partial charge in [0.05, 0.1) is 0 Å². The molecule has 0 aliphatic heterocycles. The lowest BCUT2D eigenvalue weighted by Crippen LogP contribution is -1.90. The molecule has 3 rings (SSSR count). The van der Waals surface area contributed by atoms with Gasteiger partial charge in [0.25, 0.3) is 0 Å². The van der Waals surface area contributed by atoms with E-state index in [0.29, 0.717) is 0 Å². The van der Waals surface area contributed by atoms with Crippen LogP contribution >= 0.6 is 0 Å². The average molecular weight is 284 g/mol. The number of benzene rings is 3. The van der Waals surface area contributed by atoms with Crippen LogP contribution in [-0.4, -0.2) is 0 Å². The van der Waals surface area contributed by atoms with E-state index < -0.39 is 0 Å². The summed E-state index contributed by atoms with van der Waals surface area (Å²) in [4.78, 5) is 0. The number of hydrogen-bond acceptors (Lipinski definition) is 0. The Morgan fingerprint density at radius 3 is 1.77 bits per heavy atom. The van der Waals surface area contributed by atoms with E-state index in [4.69, 9.17) is 0 Å². The third kappa shape index (κ3) is 2.87. The Morgan fingerprint density at radius 1 is 0.682 bits per heavy atom. The molecule has 0 atom stereocenters. The van der Waals surface area contributed by atoms with Gasteiger partial charge in [0.1, 0.15) is 0 Å². The predicted octanol–water partition coefficient (Wildman–Crippen LogP) is 6.36. The first-order chi connectivity index (χ1) is 10.8. The summed E-state index contributed by atoms with van der Waals surface area (Å²) >= 11 is 0. The Morgan fingerprint density at radius 2 is 1.23 bits per heavy atom. The molecule has 108 valence electrons. The first-order valence-corrected chi connectivity index (χ1v) is 7.68. The number of aryl methyl sites for hydroxylation is 1. The lowest BCUT2D eigenvalue weighted by atomic mass is 9.91. The van der Waals surface area contributed by atoms with E-state index in [1.807, 2.05) is 0 Å². The summed E-state index contributed by atoms with van der Waals surface area (Å²) in [5.74, 6) is 0. The van der Waals surface area contributed by atoms with Crippen molar-refractivity contribution in [1.29, 1.82) is 0 Å². The van der Waals surface area contributed by atoms with E-state index in [1.165, 1.54) is 33.4 Å². The zero-order valence-corrected chi connectivity index (χ0v) is 13.1. The van der Waals surface area contributed by atoms with Crippen molar-refractivity contribution in [2.75, 3.05) is 0 Å². The minimum atomic E-state index is 1.26. The van der Waals surface area contributed by atoms with Crippen LogP contribution in [0.4, 0.5) is 0 Å². The maximum Gasteiger partial charge on any atom is -0.0108 e. The highest BCUT2D eigenvalue weighted by atomic mass is 14.1. The summed E-state index contributed by atoms with van der Waals surface area (Å²) in [6.45, 7) is 4.25. The topological polar surface area (TPSA) is 0 Å². The lowest BCUT2D eigenvalue weighted by molar-refractivity contribution is 1.44. The van der Waals surface area contributed by atoms with Crippen molar-refractivity contribution >= 4 is 6.08 Å². The highest BCUT2D eigenvalue weighted by Crippen LogP contribution is 2.32. The molecular weight excluding hydrogens is 264 g/mol. The second-order valence-electron chi connectivity index (χ2n) is 5.49. The van der Waals surface area contributed by atoms with Crippen molar-refractivity contribution in [3.05, 3.63) is 90.0 Å². The van der Waals surface area contributed by atoms with Crippen LogP contribution in [0.5, 0.6) is 0 Å². The molecule has 0 aromatic heterocycles. The summed E-state index contributed by atoms with van der Waals surface area (Å²) in [6.07, 6.45) is 4.29. The fourth-order valence-electron chi connectivity index (χ4n) is 2.84. The highest BCUT2D eigenvalue weighted by Gasteiger charge is 2.09. The molecule has 0 N–H and O–H groups in total. The zero-order valence-electron chi connectivity index (χ0n) is 13.1. The van der Waals surface area contributed by atoms with Crippen LogP contribution in [-0.2, 0) is 0 Å². The molecule has 0 saturated heterocycles. The van der Waals surface area contributed by atoms with Crippen molar-refractivity contribution in [3.63, 3.8) is 0 Å². The molecule has 0 nitrogen and oxygen atoms in total. The van der Waals surface area contributed by atoms with Crippen LogP contribution in [0.25, 0.3) is 28.3 Å². The third-order valence-electron chi connectivity index (χ3n) is 3.91. The number of hydrogen-bond donors (Lipinski definition) is 0. The summed E-state index contributed by atoms with van der Waals surface area (Å²) in [6, 6.07) is 25.8. The molecule has 0 unspecified atom stereocenters. The summed E-state index contributed by atoms with van der Waals surface area (Å²) < 4.78 is 0. The van der Waals surface area contributed by atoms with Gasteiger partial charge in [-0.2, -0.15) is 0 Å². The summed E-state index contributed by atoms with van der Waals surface area (Å²) in [5.41, 5.74) is 7.68. The molecule has 0 amide bonds. The van der Waals surface area contributed by atoms with E-state index in [-0.39, 0.29) is 0 Å². The van der Waals surface area contributed by atoms with Crippen LogP contribution in [0.1, 0.15) is 18.1 Å². The Hall–Kier alpha value is -2.60. The van der Waals surface area contributed by atoms with E-state index in [2.05, 4.69) is 98.8 Å². The van der Waals surface area contributed by atoms with Gasteiger partial charge < -0.3 is 0 Å². The van der Waals surface area contributed by atoms with Gasteiger partial charge in [0, 0.05) is 0 Å². The predicted molar refractivity (Wildman–Crippen MR) is 96.8 cm³/mol. The van der Waals surface area contributed by atoms with Crippen molar-refractivity contribution in [1.82, 2.24) is 0 Å². The Labute approximate surface area is 132 Å². The molecule has 22 heavy (non-hydrogen) atoms. The Bertz CT molecular complexity index is 781. The molecule has 0 fully saturated rings. The molecule has 0 saturated carbocycles. The van der Waals surface area contributed by atoms with Gasteiger partial charge in [-0.3, -0.25) is 0 Å². The fraction of sp³-hybridized carbons (Fsp3) is 0.0909. The molecule has 3 aromatic carbocycles. The van der Waals surface area contributed by atoms with Gasteiger partial charge in [0.15, 0.2) is 0 Å². The molecule has 0 heterocycles. The number of allylic oxidation sites excluding steroid dienone is 1. The van der Waals surface area contributed by atoms with Crippen LogP contribution < -0.4 is 0 Å². The lowest BCUT2D eigenvalue weighted by Gasteiger charge is -2.13. The van der Waals surface area contributed by atoms with Crippen molar-refractivity contribution in [2.24, 2.45) is 0 Å². The maximum absolute atomic E-state index is 2.30. The van der Waals surface area contributed by atoms with Gasteiger partial charge in [-0.15, -0.1) is 0 Å². The van der Waals surface area contributed by atoms with Crippen molar-refractivity contribution in [2.45, 2.75) is 13.8 Å². The second kappa shape index (κ2) is 6.44. The van der Waals surface area contributed by atoms with Crippen molar-refractivity contribution in [3.8, 4) is 22.3 Å². The zero-order chi connectivity index (χ0) is 15.4. The second-order valence-corrected chi connectivity index (χ2v) is 5.49. The maximum atomic E-state index is 2.30. The quantitative estimate of drug-likeness (QED) is 0.524. The average Bonchev–Trinajstić information content (AvgIpc) is 2.58. The summed E-state index contributed by atoms with van der Waals surface area (Å²) in [5, 5.41) is 0. The van der Waals surface area contributed by atoms with Gasteiger partial charge in [-0.25, -0.2) is 0 Å². The fourth-order valence-corrected chi connectivity index (χ4v) is 2.84. The van der Waals surface area contributed by atoms with Crippen LogP contribution in [0.3, 0.4) is 0 Å². The van der Waals surface area contributed by atoms with E-state index in [9.17, 15) is 0 Å². The first kappa shape index (κ1) is 14.3. The molecule has 0 bridgehead atoms. The molecular formula is C22H20. The summed E-state index contributed by atoms with van der Waals surface area (Å²) in [7, 11) is 0. The molecule has 0 heteroatoms. The SMILES string of the molecule is C/C=C/c1cc(-c2ccccc2)c(C)cc1-c1ccccc1. The van der Waals surface area contributed by atoms with Crippen LogP contribution in [0, 0.1) is 6.92 Å². The standard InChI is InChI=1S/C22H20/c1-3-10-20-16-21(18-11-6-4-7-12-18)17(2)15-22(20)19-13-8-5-9-14-19/h3-16H,1-2H3/b10-3+. The highest BCUT2D eigenvalue weighted by molar-refractivity contribution is 5.81. The van der Waals surface area contributed by atoms with E-state index in [0.717, 1.165) is 0 Å². The van der Waals surface area contributed by atoms with E-state index in [1.54, 1.807) is 0 Å².